The molecule has 8 heteroatoms. The van der Waals surface area contributed by atoms with Crippen LogP contribution in [0, 0.1) is 25.2 Å². The molecule has 1 saturated heterocycles. The predicted molar refractivity (Wildman–Crippen MR) is 127 cm³/mol. The van der Waals surface area contributed by atoms with Gasteiger partial charge in [0, 0.05) is 38.1 Å². The van der Waals surface area contributed by atoms with Gasteiger partial charge in [0.15, 0.2) is 0 Å². The fourth-order valence-electron chi connectivity index (χ4n) is 3.93. The number of piperidine rings is 1. The van der Waals surface area contributed by atoms with Crippen LogP contribution in [-0.2, 0) is 6.54 Å². The van der Waals surface area contributed by atoms with Crippen LogP contribution >= 0.6 is 15.9 Å². The summed E-state index contributed by atoms with van der Waals surface area (Å²) in [5.74, 6) is 1.71. The van der Waals surface area contributed by atoms with Crippen molar-refractivity contribution in [2.24, 2.45) is 0 Å². The quantitative estimate of drug-likeness (QED) is 0.518. The number of hydrogen-bond acceptors (Lipinski definition) is 7. The van der Waals surface area contributed by atoms with Gasteiger partial charge in [-0.2, -0.15) is 10.2 Å². The zero-order chi connectivity index (χ0) is 22.5. The summed E-state index contributed by atoms with van der Waals surface area (Å²) in [4.78, 5) is 15.6. The molecule has 0 bridgehead atoms. The number of nitriles is 1. The number of halogens is 1. The third-order valence-electron chi connectivity index (χ3n) is 5.58. The van der Waals surface area contributed by atoms with Crippen LogP contribution in [-0.4, -0.2) is 39.0 Å². The first kappa shape index (κ1) is 22.2. The van der Waals surface area contributed by atoms with Crippen molar-refractivity contribution in [2.75, 3.05) is 18.4 Å². The standard InChI is InChI=1S/C24H25BrN6O/c1-16-11-19(13-26)12-17(2)22(16)32-23-21(25)14-28-24(30-23)29-20-5-9-31(10-6-20)15-18-3-7-27-8-4-18/h3-4,7-8,11-12,14,20H,5-6,9-10,15H2,1-2H3,(H,28,29,30). The molecule has 7 nitrogen and oxygen atoms in total. The van der Waals surface area contributed by atoms with E-state index in [1.165, 1.54) is 5.56 Å². The van der Waals surface area contributed by atoms with Gasteiger partial charge in [-0.05, 0) is 83.6 Å². The van der Waals surface area contributed by atoms with Crippen LogP contribution < -0.4 is 10.1 Å². The highest BCUT2D eigenvalue weighted by atomic mass is 79.9. The monoisotopic (exact) mass is 492 g/mol. The number of aryl methyl sites for hydroxylation is 2. The second-order valence-electron chi connectivity index (χ2n) is 8.05. The minimum Gasteiger partial charge on any atom is -0.437 e. The SMILES string of the molecule is Cc1cc(C#N)cc(C)c1Oc1nc(NC2CCN(Cc3ccncc3)CC2)ncc1Br. The molecule has 0 atom stereocenters. The number of anilines is 1. The van der Waals surface area contributed by atoms with Gasteiger partial charge >= 0.3 is 0 Å². The van der Waals surface area contributed by atoms with E-state index < -0.39 is 0 Å². The normalized spacial score (nSPS) is 14.7. The lowest BCUT2D eigenvalue weighted by atomic mass is 10.0. The van der Waals surface area contributed by atoms with Crippen LogP contribution in [0.15, 0.2) is 47.3 Å². The molecular formula is C24H25BrN6O. The number of ether oxygens (including phenoxy) is 1. The number of nitrogens with zero attached hydrogens (tertiary/aromatic N) is 5. The zero-order valence-electron chi connectivity index (χ0n) is 18.2. The second-order valence-corrected chi connectivity index (χ2v) is 8.90. The fourth-order valence-corrected chi connectivity index (χ4v) is 4.20. The molecule has 0 amide bonds. The molecule has 4 rings (SSSR count). The highest BCUT2D eigenvalue weighted by Crippen LogP contribution is 2.33. The van der Waals surface area contributed by atoms with Crippen LogP contribution in [0.2, 0.25) is 0 Å². The molecule has 0 spiro atoms. The average Bonchev–Trinajstić information content (AvgIpc) is 2.80. The van der Waals surface area contributed by atoms with Crippen LogP contribution in [0.25, 0.3) is 0 Å². The Morgan fingerprint density at radius 2 is 1.88 bits per heavy atom. The molecule has 1 aromatic carbocycles. The molecule has 164 valence electrons. The first-order valence-electron chi connectivity index (χ1n) is 10.6. The third kappa shape index (κ3) is 5.42. The Morgan fingerprint density at radius 1 is 1.19 bits per heavy atom. The van der Waals surface area contributed by atoms with Crippen molar-refractivity contribution in [3.05, 3.63) is 69.6 Å². The highest BCUT2D eigenvalue weighted by Gasteiger charge is 2.21. The summed E-state index contributed by atoms with van der Waals surface area (Å²) in [7, 11) is 0. The Bertz CT molecular complexity index is 1100. The highest BCUT2D eigenvalue weighted by molar-refractivity contribution is 9.10. The molecule has 1 aliphatic heterocycles. The molecule has 0 radical (unpaired) electrons. The number of rotatable bonds is 6. The molecule has 0 saturated carbocycles. The number of likely N-dealkylation sites (tertiary alicyclic amines) is 1. The third-order valence-corrected chi connectivity index (χ3v) is 6.12. The molecule has 1 aliphatic rings. The van der Waals surface area contributed by atoms with Crippen molar-refractivity contribution in [3.63, 3.8) is 0 Å². The van der Waals surface area contributed by atoms with Gasteiger partial charge in [-0.1, -0.05) is 0 Å². The summed E-state index contributed by atoms with van der Waals surface area (Å²) in [6.45, 7) is 6.84. The summed E-state index contributed by atoms with van der Waals surface area (Å²) in [5, 5.41) is 12.6. The van der Waals surface area contributed by atoms with E-state index in [1.54, 1.807) is 6.20 Å². The van der Waals surface area contributed by atoms with E-state index in [4.69, 9.17) is 10.00 Å². The zero-order valence-corrected chi connectivity index (χ0v) is 19.8. The maximum Gasteiger partial charge on any atom is 0.238 e. The molecule has 2 aromatic heterocycles. The number of nitrogens with one attached hydrogen (secondary N) is 1. The average molecular weight is 493 g/mol. The molecule has 3 heterocycles. The van der Waals surface area contributed by atoms with Crippen molar-refractivity contribution in [1.82, 2.24) is 19.9 Å². The molecule has 3 aromatic rings. The van der Waals surface area contributed by atoms with E-state index in [-0.39, 0.29) is 0 Å². The number of hydrogen-bond donors (Lipinski definition) is 1. The lowest BCUT2D eigenvalue weighted by Gasteiger charge is -2.32. The predicted octanol–water partition coefficient (Wildman–Crippen LogP) is 4.99. The Kier molecular flexibility index (Phi) is 6.98. The van der Waals surface area contributed by atoms with Gasteiger partial charge in [-0.25, -0.2) is 4.98 Å². The van der Waals surface area contributed by atoms with Gasteiger partial charge in [0.05, 0.1) is 22.3 Å². The van der Waals surface area contributed by atoms with Crippen molar-refractivity contribution in [1.29, 1.82) is 5.26 Å². The first-order chi connectivity index (χ1) is 15.5. The van der Waals surface area contributed by atoms with Gasteiger partial charge in [-0.15, -0.1) is 0 Å². The van der Waals surface area contributed by atoms with E-state index in [2.05, 4.69) is 59.3 Å². The summed E-state index contributed by atoms with van der Waals surface area (Å²) >= 11 is 3.49. The van der Waals surface area contributed by atoms with Gasteiger partial charge in [0.25, 0.3) is 0 Å². The lowest BCUT2D eigenvalue weighted by molar-refractivity contribution is 0.211. The van der Waals surface area contributed by atoms with Gasteiger partial charge in [0.1, 0.15) is 5.75 Å². The minimum absolute atomic E-state index is 0.316. The Balaban J connectivity index is 1.39. The molecule has 0 aliphatic carbocycles. The smallest absolute Gasteiger partial charge is 0.238 e. The van der Waals surface area contributed by atoms with Gasteiger partial charge < -0.3 is 10.1 Å². The van der Waals surface area contributed by atoms with E-state index in [0.29, 0.717) is 33.7 Å². The van der Waals surface area contributed by atoms with Gasteiger partial charge in [0.2, 0.25) is 11.8 Å². The van der Waals surface area contributed by atoms with Crippen LogP contribution in [0.5, 0.6) is 11.6 Å². The Hall–Kier alpha value is -3.02. The largest absolute Gasteiger partial charge is 0.437 e. The molecular weight excluding hydrogens is 468 g/mol. The number of aromatic nitrogens is 3. The first-order valence-corrected chi connectivity index (χ1v) is 11.4. The van der Waals surface area contributed by atoms with Crippen molar-refractivity contribution in [3.8, 4) is 17.7 Å². The lowest BCUT2D eigenvalue weighted by Crippen LogP contribution is -2.39. The Labute approximate surface area is 196 Å². The van der Waals surface area contributed by atoms with E-state index in [9.17, 15) is 0 Å². The maximum atomic E-state index is 9.16. The van der Waals surface area contributed by atoms with Crippen LogP contribution in [0.1, 0.15) is 35.1 Å². The number of pyridine rings is 1. The second kappa shape index (κ2) is 10.1. The van der Waals surface area contributed by atoms with Crippen molar-refractivity contribution >= 4 is 21.9 Å². The molecule has 0 unspecified atom stereocenters. The summed E-state index contributed by atoms with van der Waals surface area (Å²) in [6.07, 6.45) is 7.44. The van der Waals surface area contributed by atoms with Crippen molar-refractivity contribution in [2.45, 2.75) is 39.3 Å². The number of benzene rings is 1. The summed E-state index contributed by atoms with van der Waals surface area (Å²) in [5.41, 5.74) is 3.69. The minimum atomic E-state index is 0.316. The van der Waals surface area contributed by atoms with Crippen molar-refractivity contribution < 1.29 is 4.74 Å². The van der Waals surface area contributed by atoms with E-state index in [0.717, 1.165) is 43.6 Å². The van der Waals surface area contributed by atoms with E-state index >= 15 is 0 Å². The topological polar surface area (TPSA) is 87.0 Å². The molecule has 32 heavy (non-hydrogen) atoms. The molecule has 1 fully saturated rings. The summed E-state index contributed by atoms with van der Waals surface area (Å²) in [6, 6.07) is 10.3. The van der Waals surface area contributed by atoms with Crippen LogP contribution in [0.3, 0.4) is 0 Å². The van der Waals surface area contributed by atoms with Crippen LogP contribution in [0.4, 0.5) is 5.95 Å². The summed E-state index contributed by atoms with van der Waals surface area (Å²) < 4.78 is 6.80. The molecule has 1 N–H and O–H groups in total. The van der Waals surface area contributed by atoms with Gasteiger partial charge in [-0.3, -0.25) is 9.88 Å². The van der Waals surface area contributed by atoms with E-state index in [1.807, 2.05) is 38.4 Å². The Morgan fingerprint density at radius 3 is 2.53 bits per heavy atom. The maximum absolute atomic E-state index is 9.16. The fraction of sp³-hybridized carbons (Fsp3) is 0.333.